The Bertz CT molecular complexity index is 973. The molecule has 1 aliphatic heterocycles. The third-order valence-electron chi connectivity index (χ3n) is 4.23. The van der Waals surface area contributed by atoms with Crippen molar-refractivity contribution in [2.24, 2.45) is 0 Å². The number of carbonyl (C=O) groups excluding carboxylic acids is 1. The summed E-state index contributed by atoms with van der Waals surface area (Å²) in [5, 5.41) is -0.296. The van der Waals surface area contributed by atoms with E-state index in [1.807, 2.05) is 0 Å². The molecule has 0 aromatic heterocycles. The van der Waals surface area contributed by atoms with Gasteiger partial charge in [0.25, 0.3) is 5.91 Å². The minimum atomic E-state index is -3.89. The minimum Gasteiger partial charge on any atom is -0.336 e. The second kappa shape index (κ2) is 7.71. The Balaban J connectivity index is 1.75. The average Bonchev–Trinajstić information content (AvgIpc) is 2.63. The van der Waals surface area contributed by atoms with E-state index in [4.69, 9.17) is 23.2 Å². The van der Waals surface area contributed by atoms with Crippen molar-refractivity contribution in [2.45, 2.75) is 4.90 Å². The number of hydrogen-bond donors (Lipinski definition) is 0. The van der Waals surface area contributed by atoms with Crippen LogP contribution in [-0.2, 0) is 10.0 Å². The van der Waals surface area contributed by atoms with Gasteiger partial charge in [0.05, 0.1) is 20.5 Å². The number of hydrogen-bond acceptors (Lipinski definition) is 3. The van der Waals surface area contributed by atoms with Crippen LogP contribution < -0.4 is 0 Å². The Morgan fingerprint density at radius 1 is 0.926 bits per heavy atom. The molecule has 0 N–H and O–H groups in total. The summed E-state index contributed by atoms with van der Waals surface area (Å²) in [5.41, 5.74) is -0.235. The molecule has 1 saturated heterocycles. The van der Waals surface area contributed by atoms with Crippen LogP contribution in [0.15, 0.2) is 41.3 Å². The number of amides is 1. The van der Waals surface area contributed by atoms with Crippen LogP contribution in [0.25, 0.3) is 0 Å². The molecule has 0 atom stereocenters. The number of sulfonamides is 1. The van der Waals surface area contributed by atoms with E-state index in [9.17, 15) is 22.0 Å². The fraction of sp³-hybridized carbons (Fsp3) is 0.235. The van der Waals surface area contributed by atoms with E-state index in [0.717, 1.165) is 24.3 Å². The van der Waals surface area contributed by atoms with E-state index in [2.05, 4.69) is 0 Å². The quantitative estimate of drug-likeness (QED) is 0.743. The molecule has 0 unspecified atom stereocenters. The molecule has 0 bridgehead atoms. The molecule has 0 spiro atoms. The van der Waals surface area contributed by atoms with Crippen LogP contribution in [0.2, 0.25) is 10.0 Å². The van der Waals surface area contributed by atoms with Gasteiger partial charge in [-0.3, -0.25) is 4.79 Å². The van der Waals surface area contributed by atoms with Gasteiger partial charge in [-0.15, -0.1) is 0 Å². The van der Waals surface area contributed by atoms with E-state index in [0.29, 0.717) is 0 Å². The van der Waals surface area contributed by atoms with Gasteiger partial charge in [0.15, 0.2) is 0 Å². The Hall–Kier alpha value is -1.74. The maximum atomic E-state index is 13.9. The molecule has 1 heterocycles. The highest BCUT2D eigenvalue weighted by molar-refractivity contribution is 7.89. The van der Waals surface area contributed by atoms with Gasteiger partial charge in [0, 0.05) is 26.2 Å². The molecule has 5 nitrogen and oxygen atoms in total. The van der Waals surface area contributed by atoms with Crippen LogP contribution >= 0.6 is 23.2 Å². The molecule has 0 saturated carbocycles. The first kappa shape index (κ1) is 20.0. The van der Waals surface area contributed by atoms with Crippen LogP contribution in [0.5, 0.6) is 0 Å². The first-order valence-electron chi connectivity index (χ1n) is 7.90. The molecular formula is C17H14Cl2F2N2O3S. The molecule has 0 radical (unpaired) electrons. The van der Waals surface area contributed by atoms with Crippen molar-refractivity contribution in [1.29, 1.82) is 0 Å². The molecule has 27 heavy (non-hydrogen) atoms. The standard InChI is InChI=1S/C17H14Cl2F2N2O3S/c18-12-2-1-3-15(21)16(12)17(24)22-6-8-23(9-7-22)27(25,26)11-4-5-14(20)13(19)10-11/h1-5,10H,6-9H2. The van der Waals surface area contributed by atoms with E-state index in [1.54, 1.807) is 0 Å². The van der Waals surface area contributed by atoms with Crippen molar-refractivity contribution in [3.05, 3.63) is 63.6 Å². The average molecular weight is 435 g/mol. The highest BCUT2D eigenvalue weighted by atomic mass is 35.5. The smallest absolute Gasteiger partial charge is 0.258 e. The Morgan fingerprint density at radius 2 is 1.59 bits per heavy atom. The number of benzene rings is 2. The zero-order valence-corrected chi connectivity index (χ0v) is 16.2. The van der Waals surface area contributed by atoms with E-state index < -0.39 is 27.6 Å². The molecular weight excluding hydrogens is 421 g/mol. The third-order valence-corrected chi connectivity index (χ3v) is 6.73. The number of rotatable bonds is 3. The molecule has 2 aromatic rings. The summed E-state index contributed by atoms with van der Waals surface area (Å²) in [4.78, 5) is 13.7. The number of nitrogens with zero attached hydrogens (tertiary/aromatic N) is 2. The topological polar surface area (TPSA) is 57.7 Å². The first-order valence-corrected chi connectivity index (χ1v) is 10.1. The van der Waals surface area contributed by atoms with Crippen LogP contribution in [0, 0.1) is 11.6 Å². The summed E-state index contributed by atoms with van der Waals surface area (Å²) < 4.78 is 53.7. The second-order valence-corrected chi connectivity index (χ2v) is 8.62. The van der Waals surface area contributed by atoms with Gasteiger partial charge >= 0.3 is 0 Å². The number of piperazine rings is 1. The van der Waals surface area contributed by atoms with Gasteiger partial charge in [-0.1, -0.05) is 29.3 Å². The van der Waals surface area contributed by atoms with Crippen LogP contribution in [0.4, 0.5) is 8.78 Å². The fourth-order valence-corrected chi connectivity index (χ4v) is 4.72. The van der Waals surface area contributed by atoms with Crippen molar-refractivity contribution in [1.82, 2.24) is 9.21 Å². The molecule has 3 rings (SSSR count). The Labute approximate surface area is 165 Å². The Kier molecular flexibility index (Phi) is 5.71. The molecule has 1 amide bonds. The van der Waals surface area contributed by atoms with Crippen LogP contribution in [0.1, 0.15) is 10.4 Å². The van der Waals surface area contributed by atoms with Gasteiger partial charge in [-0.05, 0) is 30.3 Å². The highest BCUT2D eigenvalue weighted by Crippen LogP contribution is 2.25. The molecule has 0 aliphatic carbocycles. The van der Waals surface area contributed by atoms with Crippen molar-refractivity contribution in [2.75, 3.05) is 26.2 Å². The van der Waals surface area contributed by atoms with Crippen molar-refractivity contribution in [3.8, 4) is 0 Å². The minimum absolute atomic E-state index is 0.00370. The summed E-state index contributed by atoms with van der Waals surface area (Å²) in [6, 6.07) is 7.10. The first-order chi connectivity index (χ1) is 12.7. The molecule has 1 fully saturated rings. The predicted molar refractivity (Wildman–Crippen MR) is 97.5 cm³/mol. The number of halogens is 4. The summed E-state index contributed by atoms with van der Waals surface area (Å²) in [6.45, 7) is 0.152. The lowest BCUT2D eigenvalue weighted by atomic mass is 10.1. The van der Waals surface area contributed by atoms with Gasteiger partial charge in [0.1, 0.15) is 11.6 Å². The monoisotopic (exact) mass is 434 g/mol. The van der Waals surface area contributed by atoms with Gasteiger partial charge in [-0.2, -0.15) is 4.31 Å². The van der Waals surface area contributed by atoms with E-state index >= 15 is 0 Å². The van der Waals surface area contributed by atoms with Crippen molar-refractivity contribution >= 4 is 39.1 Å². The van der Waals surface area contributed by atoms with Gasteiger partial charge in [0.2, 0.25) is 10.0 Å². The zero-order valence-electron chi connectivity index (χ0n) is 13.8. The molecule has 10 heteroatoms. The maximum absolute atomic E-state index is 13.9. The summed E-state index contributed by atoms with van der Waals surface area (Å²) in [7, 11) is -3.89. The fourth-order valence-electron chi connectivity index (χ4n) is 2.78. The molecule has 1 aliphatic rings. The van der Waals surface area contributed by atoms with Crippen molar-refractivity contribution in [3.63, 3.8) is 0 Å². The zero-order chi connectivity index (χ0) is 19.8. The SMILES string of the molecule is O=C(c1c(F)cccc1Cl)N1CCN(S(=O)(=O)c2ccc(F)c(Cl)c2)CC1. The lowest BCUT2D eigenvalue weighted by Gasteiger charge is -2.34. The van der Waals surface area contributed by atoms with Crippen molar-refractivity contribution < 1.29 is 22.0 Å². The van der Waals surface area contributed by atoms with E-state index in [1.165, 1.54) is 21.3 Å². The second-order valence-electron chi connectivity index (χ2n) is 5.87. The molecule has 2 aromatic carbocycles. The van der Waals surface area contributed by atoms with Crippen LogP contribution in [-0.4, -0.2) is 49.7 Å². The van der Waals surface area contributed by atoms with E-state index in [-0.39, 0.29) is 46.7 Å². The normalized spacial score (nSPS) is 15.8. The predicted octanol–water partition coefficient (Wildman–Crippen LogP) is 3.42. The summed E-state index contributed by atoms with van der Waals surface area (Å²) >= 11 is 11.6. The summed E-state index contributed by atoms with van der Waals surface area (Å²) in [6.07, 6.45) is 0. The molecule has 144 valence electrons. The summed E-state index contributed by atoms with van der Waals surface area (Å²) in [5.74, 6) is -2.05. The Morgan fingerprint density at radius 3 is 2.19 bits per heavy atom. The van der Waals surface area contributed by atoms with Gasteiger partial charge < -0.3 is 4.90 Å². The van der Waals surface area contributed by atoms with Gasteiger partial charge in [-0.25, -0.2) is 17.2 Å². The number of carbonyl (C=O) groups is 1. The lowest BCUT2D eigenvalue weighted by Crippen LogP contribution is -2.50. The highest BCUT2D eigenvalue weighted by Gasteiger charge is 2.32. The van der Waals surface area contributed by atoms with Crippen LogP contribution in [0.3, 0.4) is 0 Å². The lowest BCUT2D eigenvalue weighted by molar-refractivity contribution is 0.0693. The largest absolute Gasteiger partial charge is 0.336 e. The third kappa shape index (κ3) is 3.94. The maximum Gasteiger partial charge on any atom is 0.258 e.